The van der Waals surface area contributed by atoms with Gasteiger partial charge in [-0.2, -0.15) is 4.39 Å². The summed E-state index contributed by atoms with van der Waals surface area (Å²) in [4.78, 5) is 3.50. The largest absolute Gasteiger partial charge is 0.324 e. The van der Waals surface area contributed by atoms with Crippen molar-refractivity contribution in [1.82, 2.24) is 4.98 Å². The monoisotopic (exact) mass is 154 g/mol. The van der Waals surface area contributed by atoms with Crippen LogP contribution in [0.3, 0.4) is 0 Å². The summed E-state index contributed by atoms with van der Waals surface area (Å²) in [7, 11) is 0. The third-order valence-electron chi connectivity index (χ3n) is 1.62. The SMILES string of the molecule is CCC(N)c1ccc(F)nc1. The zero-order valence-corrected chi connectivity index (χ0v) is 6.42. The number of hydrogen-bond donors (Lipinski definition) is 1. The number of nitrogens with zero attached hydrogens (tertiary/aromatic N) is 1. The van der Waals surface area contributed by atoms with Crippen molar-refractivity contribution in [2.75, 3.05) is 0 Å². The van der Waals surface area contributed by atoms with Gasteiger partial charge >= 0.3 is 0 Å². The summed E-state index contributed by atoms with van der Waals surface area (Å²) in [5.41, 5.74) is 6.57. The first-order chi connectivity index (χ1) is 5.24. The molecule has 1 atom stereocenters. The second kappa shape index (κ2) is 3.44. The first kappa shape index (κ1) is 8.14. The molecule has 3 heteroatoms. The van der Waals surface area contributed by atoms with Crippen LogP contribution in [0.15, 0.2) is 18.3 Å². The smallest absolute Gasteiger partial charge is 0.212 e. The van der Waals surface area contributed by atoms with Crippen molar-refractivity contribution >= 4 is 0 Å². The minimum atomic E-state index is -0.461. The summed E-state index contributed by atoms with van der Waals surface area (Å²) in [5, 5.41) is 0. The number of rotatable bonds is 2. The second-order valence-corrected chi connectivity index (χ2v) is 2.43. The highest BCUT2D eigenvalue weighted by Crippen LogP contribution is 2.11. The van der Waals surface area contributed by atoms with Gasteiger partial charge in [-0.05, 0) is 18.1 Å². The van der Waals surface area contributed by atoms with Gasteiger partial charge in [-0.25, -0.2) is 4.98 Å². The standard InChI is InChI=1S/C8H11FN2/c1-2-7(10)6-3-4-8(9)11-5-6/h3-5,7H,2,10H2,1H3. The van der Waals surface area contributed by atoms with Crippen LogP contribution < -0.4 is 5.73 Å². The van der Waals surface area contributed by atoms with E-state index in [0.717, 1.165) is 12.0 Å². The first-order valence-corrected chi connectivity index (χ1v) is 3.61. The van der Waals surface area contributed by atoms with Crippen LogP contribution in [0.25, 0.3) is 0 Å². The average molecular weight is 154 g/mol. The van der Waals surface area contributed by atoms with Crippen LogP contribution in [0.5, 0.6) is 0 Å². The Bertz CT molecular complexity index is 220. The Labute approximate surface area is 65.3 Å². The highest BCUT2D eigenvalue weighted by Gasteiger charge is 2.02. The molecule has 2 N–H and O–H groups in total. The van der Waals surface area contributed by atoms with Crippen LogP contribution in [0.1, 0.15) is 24.9 Å². The Kier molecular flexibility index (Phi) is 2.54. The lowest BCUT2D eigenvalue weighted by molar-refractivity contribution is 0.578. The van der Waals surface area contributed by atoms with Gasteiger partial charge in [-0.15, -0.1) is 0 Å². The van der Waals surface area contributed by atoms with Crippen molar-refractivity contribution in [3.05, 3.63) is 29.8 Å². The molecule has 0 amide bonds. The van der Waals surface area contributed by atoms with E-state index in [0.29, 0.717) is 0 Å². The highest BCUT2D eigenvalue weighted by atomic mass is 19.1. The number of halogens is 1. The molecule has 0 bridgehead atoms. The van der Waals surface area contributed by atoms with Crippen molar-refractivity contribution < 1.29 is 4.39 Å². The van der Waals surface area contributed by atoms with Gasteiger partial charge in [0.15, 0.2) is 0 Å². The van der Waals surface area contributed by atoms with Crippen LogP contribution in [0.2, 0.25) is 0 Å². The molecule has 0 aliphatic carbocycles. The van der Waals surface area contributed by atoms with E-state index in [9.17, 15) is 4.39 Å². The Hall–Kier alpha value is -0.960. The van der Waals surface area contributed by atoms with Gasteiger partial charge in [0.05, 0.1) is 0 Å². The summed E-state index contributed by atoms with van der Waals surface area (Å²) in [6, 6.07) is 2.96. The van der Waals surface area contributed by atoms with Crippen LogP contribution in [-0.4, -0.2) is 4.98 Å². The average Bonchev–Trinajstić information content (AvgIpc) is 2.05. The van der Waals surface area contributed by atoms with Gasteiger partial charge in [-0.1, -0.05) is 13.0 Å². The van der Waals surface area contributed by atoms with E-state index in [2.05, 4.69) is 4.98 Å². The molecule has 1 aromatic heterocycles. The molecule has 0 fully saturated rings. The molecular formula is C8H11FN2. The normalized spacial score (nSPS) is 13.0. The number of pyridine rings is 1. The molecule has 11 heavy (non-hydrogen) atoms. The fourth-order valence-electron chi connectivity index (χ4n) is 0.842. The topological polar surface area (TPSA) is 38.9 Å². The third-order valence-corrected chi connectivity index (χ3v) is 1.62. The van der Waals surface area contributed by atoms with Crippen molar-refractivity contribution in [2.24, 2.45) is 5.73 Å². The Morgan fingerprint density at radius 3 is 2.82 bits per heavy atom. The lowest BCUT2D eigenvalue weighted by Gasteiger charge is -2.06. The molecule has 1 unspecified atom stereocenters. The molecule has 60 valence electrons. The van der Waals surface area contributed by atoms with Crippen LogP contribution in [0, 0.1) is 5.95 Å². The maximum Gasteiger partial charge on any atom is 0.212 e. The summed E-state index contributed by atoms with van der Waals surface area (Å²) in [5.74, 6) is -0.461. The summed E-state index contributed by atoms with van der Waals surface area (Å²) >= 11 is 0. The molecule has 0 radical (unpaired) electrons. The molecule has 0 saturated carbocycles. The summed E-state index contributed by atoms with van der Waals surface area (Å²) in [6.07, 6.45) is 2.32. The maximum atomic E-state index is 12.3. The zero-order valence-electron chi connectivity index (χ0n) is 6.42. The fraction of sp³-hybridized carbons (Fsp3) is 0.375. The third kappa shape index (κ3) is 1.98. The molecule has 1 aromatic rings. The van der Waals surface area contributed by atoms with Gasteiger partial charge in [0.25, 0.3) is 0 Å². The van der Waals surface area contributed by atoms with E-state index in [4.69, 9.17) is 5.73 Å². The zero-order chi connectivity index (χ0) is 8.27. The van der Waals surface area contributed by atoms with E-state index < -0.39 is 5.95 Å². The molecule has 2 nitrogen and oxygen atoms in total. The molecule has 0 aliphatic rings. The van der Waals surface area contributed by atoms with Gasteiger partial charge in [0.2, 0.25) is 5.95 Å². The molecule has 0 spiro atoms. The minimum absolute atomic E-state index is 0.0249. The van der Waals surface area contributed by atoms with E-state index in [1.807, 2.05) is 6.92 Å². The summed E-state index contributed by atoms with van der Waals surface area (Å²) in [6.45, 7) is 1.98. The number of hydrogen-bond acceptors (Lipinski definition) is 2. The quantitative estimate of drug-likeness (QED) is 0.657. The van der Waals surface area contributed by atoms with Gasteiger partial charge in [0, 0.05) is 12.2 Å². The molecule has 1 heterocycles. The molecule has 1 rings (SSSR count). The maximum absolute atomic E-state index is 12.3. The summed E-state index contributed by atoms with van der Waals surface area (Å²) < 4.78 is 12.3. The molecular weight excluding hydrogens is 143 g/mol. The lowest BCUT2D eigenvalue weighted by atomic mass is 10.1. The first-order valence-electron chi connectivity index (χ1n) is 3.61. The lowest BCUT2D eigenvalue weighted by Crippen LogP contribution is -2.08. The van der Waals surface area contributed by atoms with Crippen LogP contribution >= 0.6 is 0 Å². The second-order valence-electron chi connectivity index (χ2n) is 2.43. The number of nitrogens with two attached hydrogens (primary N) is 1. The van der Waals surface area contributed by atoms with Crippen LogP contribution in [-0.2, 0) is 0 Å². The Morgan fingerprint density at radius 2 is 2.36 bits per heavy atom. The van der Waals surface area contributed by atoms with E-state index in [1.54, 1.807) is 6.07 Å². The van der Waals surface area contributed by atoms with Gasteiger partial charge < -0.3 is 5.73 Å². The molecule has 0 aliphatic heterocycles. The number of aromatic nitrogens is 1. The molecule has 0 aromatic carbocycles. The van der Waals surface area contributed by atoms with Crippen LogP contribution in [0.4, 0.5) is 4.39 Å². The fourth-order valence-corrected chi connectivity index (χ4v) is 0.842. The highest BCUT2D eigenvalue weighted by molar-refractivity contribution is 5.13. The predicted octanol–water partition coefficient (Wildman–Crippen LogP) is 1.63. The Morgan fingerprint density at radius 1 is 1.64 bits per heavy atom. The van der Waals surface area contributed by atoms with E-state index in [1.165, 1.54) is 12.3 Å². The van der Waals surface area contributed by atoms with E-state index >= 15 is 0 Å². The van der Waals surface area contributed by atoms with E-state index in [-0.39, 0.29) is 6.04 Å². The van der Waals surface area contributed by atoms with Crippen molar-refractivity contribution in [2.45, 2.75) is 19.4 Å². The minimum Gasteiger partial charge on any atom is -0.324 e. The van der Waals surface area contributed by atoms with Gasteiger partial charge in [0.1, 0.15) is 0 Å². The van der Waals surface area contributed by atoms with Crippen molar-refractivity contribution in [3.63, 3.8) is 0 Å². The van der Waals surface area contributed by atoms with Crippen molar-refractivity contribution in [3.8, 4) is 0 Å². The van der Waals surface area contributed by atoms with Crippen molar-refractivity contribution in [1.29, 1.82) is 0 Å². The van der Waals surface area contributed by atoms with Gasteiger partial charge in [-0.3, -0.25) is 0 Å². The predicted molar refractivity (Wildman–Crippen MR) is 41.4 cm³/mol. The Balaban J connectivity index is 2.81. The molecule has 0 saturated heterocycles.